The molecule has 1 aliphatic heterocycles. The van der Waals surface area contributed by atoms with Crippen molar-refractivity contribution in [1.29, 1.82) is 0 Å². The Labute approximate surface area is 191 Å². The zero-order valence-electron chi connectivity index (χ0n) is 18.8. The molecule has 1 N–H and O–H groups in total. The summed E-state index contributed by atoms with van der Waals surface area (Å²) in [5.74, 6) is -1.61. The van der Waals surface area contributed by atoms with Crippen molar-refractivity contribution in [2.75, 3.05) is 12.0 Å². The molecule has 0 saturated carbocycles. The minimum atomic E-state index is -0.908. The third kappa shape index (κ3) is 3.89. The molecular formula is C27H24FNO4. The summed E-state index contributed by atoms with van der Waals surface area (Å²) in [6.45, 7) is 5.51. The Kier molecular flexibility index (Phi) is 5.77. The lowest BCUT2D eigenvalue weighted by Gasteiger charge is -2.26. The van der Waals surface area contributed by atoms with E-state index in [4.69, 9.17) is 4.74 Å². The second kappa shape index (κ2) is 8.54. The Morgan fingerprint density at radius 3 is 2.30 bits per heavy atom. The highest BCUT2D eigenvalue weighted by molar-refractivity contribution is 6.51. The summed E-state index contributed by atoms with van der Waals surface area (Å²) < 4.78 is 19.0. The van der Waals surface area contributed by atoms with Crippen molar-refractivity contribution in [2.45, 2.75) is 26.8 Å². The van der Waals surface area contributed by atoms with Crippen LogP contribution in [0.4, 0.5) is 10.1 Å². The molecule has 1 unspecified atom stereocenters. The maximum Gasteiger partial charge on any atom is 0.300 e. The number of methoxy groups -OCH3 is 1. The van der Waals surface area contributed by atoms with Crippen molar-refractivity contribution in [3.63, 3.8) is 0 Å². The number of aliphatic hydroxyl groups is 1. The van der Waals surface area contributed by atoms with Gasteiger partial charge < -0.3 is 9.84 Å². The normalized spacial score (nSPS) is 17.5. The molecule has 1 heterocycles. The Morgan fingerprint density at radius 1 is 0.970 bits per heavy atom. The molecule has 0 spiro atoms. The first-order valence-corrected chi connectivity index (χ1v) is 10.5. The van der Waals surface area contributed by atoms with Crippen LogP contribution in [0.5, 0.6) is 5.75 Å². The van der Waals surface area contributed by atoms with E-state index in [9.17, 15) is 19.1 Å². The zero-order valence-corrected chi connectivity index (χ0v) is 18.8. The summed E-state index contributed by atoms with van der Waals surface area (Å²) >= 11 is 0. The topological polar surface area (TPSA) is 66.8 Å². The molecule has 3 aromatic carbocycles. The molecule has 0 radical (unpaired) electrons. The van der Waals surface area contributed by atoms with Crippen LogP contribution in [-0.4, -0.2) is 23.9 Å². The van der Waals surface area contributed by atoms with Crippen LogP contribution < -0.4 is 9.64 Å². The average Bonchev–Trinajstić information content (AvgIpc) is 3.05. The summed E-state index contributed by atoms with van der Waals surface area (Å²) in [4.78, 5) is 27.8. The zero-order chi connectivity index (χ0) is 23.9. The number of aliphatic hydroxyl groups excluding tert-OH is 1. The second-order valence-corrected chi connectivity index (χ2v) is 8.20. The van der Waals surface area contributed by atoms with Crippen molar-refractivity contribution in [1.82, 2.24) is 0 Å². The van der Waals surface area contributed by atoms with Crippen LogP contribution in [0.15, 0.2) is 66.2 Å². The number of nitrogens with zero attached hydrogens (tertiary/aromatic N) is 1. The molecule has 1 fully saturated rings. The van der Waals surface area contributed by atoms with E-state index in [2.05, 4.69) is 0 Å². The van der Waals surface area contributed by atoms with Gasteiger partial charge in [0.25, 0.3) is 11.7 Å². The number of carbonyl (C=O) groups excluding carboxylic acids is 2. The molecule has 1 atom stereocenters. The average molecular weight is 445 g/mol. The molecular weight excluding hydrogens is 421 g/mol. The summed E-state index contributed by atoms with van der Waals surface area (Å²) in [6, 6.07) is 15.4. The SMILES string of the molecule is COc1cc(C)c(/C(O)=C2\C(=O)C(=O)N(c3cccc(C)c3)C2c2ccc(F)cc2)cc1C. The largest absolute Gasteiger partial charge is 0.507 e. The van der Waals surface area contributed by atoms with E-state index in [1.54, 1.807) is 44.4 Å². The van der Waals surface area contributed by atoms with Gasteiger partial charge in [0.05, 0.1) is 18.7 Å². The fourth-order valence-corrected chi connectivity index (χ4v) is 4.25. The monoisotopic (exact) mass is 445 g/mol. The van der Waals surface area contributed by atoms with E-state index in [0.29, 0.717) is 28.1 Å². The Bertz CT molecular complexity index is 1290. The standard InChI is InChI=1S/C27H24FNO4/c1-15-6-5-7-20(12-15)29-24(18-8-10-19(28)11-9-18)23(26(31)27(29)32)25(30)21-13-17(3)22(33-4)14-16(21)2/h5-14,24,30H,1-4H3/b25-23+. The van der Waals surface area contributed by atoms with Crippen molar-refractivity contribution >= 4 is 23.1 Å². The quantitative estimate of drug-likeness (QED) is 0.332. The highest BCUT2D eigenvalue weighted by atomic mass is 19.1. The molecule has 3 aromatic rings. The summed E-state index contributed by atoms with van der Waals surface area (Å²) in [5, 5.41) is 11.3. The molecule has 1 saturated heterocycles. The fraction of sp³-hybridized carbons (Fsp3) is 0.185. The third-order valence-corrected chi connectivity index (χ3v) is 5.91. The van der Waals surface area contributed by atoms with E-state index in [1.807, 2.05) is 19.9 Å². The first kappa shape index (κ1) is 22.3. The number of Topliss-reactive ketones (excluding diaryl/α,β-unsaturated/α-hetero) is 1. The molecule has 5 nitrogen and oxygen atoms in total. The van der Waals surface area contributed by atoms with Gasteiger partial charge in [0.15, 0.2) is 0 Å². The maximum atomic E-state index is 13.7. The Hall–Kier alpha value is -3.93. The second-order valence-electron chi connectivity index (χ2n) is 8.20. The molecule has 0 aromatic heterocycles. The van der Waals surface area contributed by atoms with Gasteiger partial charge in [-0.15, -0.1) is 0 Å². The summed E-state index contributed by atoms with van der Waals surface area (Å²) in [6.07, 6.45) is 0. The lowest BCUT2D eigenvalue weighted by atomic mass is 9.93. The lowest BCUT2D eigenvalue weighted by molar-refractivity contribution is -0.132. The predicted octanol–water partition coefficient (Wildman–Crippen LogP) is 5.39. The summed E-state index contributed by atoms with van der Waals surface area (Å²) in [7, 11) is 1.56. The van der Waals surface area contributed by atoms with Gasteiger partial charge >= 0.3 is 0 Å². The van der Waals surface area contributed by atoms with Crippen LogP contribution in [-0.2, 0) is 9.59 Å². The van der Waals surface area contributed by atoms with Crippen molar-refractivity contribution in [3.05, 3.63) is 99.9 Å². The smallest absolute Gasteiger partial charge is 0.300 e. The number of carbonyl (C=O) groups is 2. The van der Waals surface area contributed by atoms with Gasteiger partial charge in [-0.25, -0.2) is 4.39 Å². The molecule has 1 amide bonds. The fourth-order valence-electron chi connectivity index (χ4n) is 4.25. The molecule has 6 heteroatoms. The van der Waals surface area contributed by atoms with E-state index >= 15 is 0 Å². The van der Waals surface area contributed by atoms with Crippen LogP contribution in [0.1, 0.15) is 33.9 Å². The van der Waals surface area contributed by atoms with Gasteiger partial charge in [-0.05, 0) is 79.4 Å². The number of hydrogen-bond donors (Lipinski definition) is 1. The maximum absolute atomic E-state index is 13.7. The van der Waals surface area contributed by atoms with Crippen LogP contribution in [0.3, 0.4) is 0 Å². The number of ketones is 1. The first-order valence-electron chi connectivity index (χ1n) is 10.5. The van der Waals surface area contributed by atoms with Crippen LogP contribution in [0.2, 0.25) is 0 Å². The molecule has 168 valence electrons. The predicted molar refractivity (Wildman–Crippen MR) is 125 cm³/mol. The van der Waals surface area contributed by atoms with Crippen LogP contribution in [0, 0.1) is 26.6 Å². The van der Waals surface area contributed by atoms with Gasteiger partial charge in [-0.2, -0.15) is 0 Å². The highest BCUT2D eigenvalue weighted by Gasteiger charge is 2.47. The first-order chi connectivity index (χ1) is 15.7. The van der Waals surface area contributed by atoms with Crippen molar-refractivity contribution in [2.24, 2.45) is 0 Å². The lowest BCUT2D eigenvalue weighted by Crippen LogP contribution is -2.29. The number of halogens is 1. The van der Waals surface area contributed by atoms with Crippen LogP contribution >= 0.6 is 0 Å². The van der Waals surface area contributed by atoms with Gasteiger partial charge in [-0.3, -0.25) is 14.5 Å². The summed E-state index contributed by atoms with van der Waals surface area (Å²) in [5.41, 5.74) is 3.80. The Morgan fingerprint density at radius 2 is 1.67 bits per heavy atom. The van der Waals surface area contributed by atoms with E-state index in [-0.39, 0.29) is 11.3 Å². The number of rotatable bonds is 4. The minimum Gasteiger partial charge on any atom is -0.507 e. The number of amides is 1. The van der Waals surface area contributed by atoms with E-state index in [1.165, 1.54) is 29.2 Å². The van der Waals surface area contributed by atoms with Crippen molar-refractivity contribution in [3.8, 4) is 5.75 Å². The number of anilines is 1. The van der Waals surface area contributed by atoms with Gasteiger partial charge in [0.1, 0.15) is 17.3 Å². The van der Waals surface area contributed by atoms with E-state index < -0.39 is 23.5 Å². The number of hydrogen-bond acceptors (Lipinski definition) is 4. The molecule has 33 heavy (non-hydrogen) atoms. The number of ether oxygens (including phenoxy) is 1. The van der Waals surface area contributed by atoms with Gasteiger partial charge in [0.2, 0.25) is 0 Å². The van der Waals surface area contributed by atoms with Crippen LogP contribution in [0.25, 0.3) is 5.76 Å². The molecule has 1 aliphatic rings. The number of benzene rings is 3. The minimum absolute atomic E-state index is 0.0409. The van der Waals surface area contributed by atoms with Crippen molar-refractivity contribution < 1.29 is 23.8 Å². The van der Waals surface area contributed by atoms with Gasteiger partial charge in [0, 0.05) is 11.3 Å². The van der Waals surface area contributed by atoms with E-state index in [0.717, 1.165) is 11.1 Å². The highest BCUT2D eigenvalue weighted by Crippen LogP contribution is 2.43. The number of aryl methyl sites for hydroxylation is 3. The molecule has 4 rings (SSSR count). The Balaban J connectivity index is 1.98. The van der Waals surface area contributed by atoms with Gasteiger partial charge in [-0.1, -0.05) is 24.3 Å². The third-order valence-electron chi connectivity index (χ3n) is 5.91. The molecule has 0 aliphatic carbocycles. The molecule has 0 bridgehead atoms.